The number of methoxy groups -OCH3 is 1. The molecule has 0 radical (unpaired) electrons. The topological polar surface area (TPSA) is 72.0 Å². The van der Waals surface area contributed by atoms with E-state index < -0.39 is 6.03 Å². The summed E-state index contributed by atoms with van der Waals surface area (Å²) in [6, 6.07) is 12.3. The average molecular weight is 406 g/mol. The van der Waals surface area contributed by atoms with E-state index in [4.69, 9.17) is 9.47 Å². The van der Waals surface area contributed by atoms with E-state index in [-0.39, 0.29) is 6.10 Å². The number of halogens is 1. The van der Waals surface area contributed by atoms with Gasteiger partial charge in [-0.25, -0.2) is 10.2 Å². The van der Waals surface area contributed by atoms with Gasteiger partial charge in [0.1, 0.15) is 0 Å². The van der Waals surface area contributed by atoms with Gasteiger partial charge in [-0.1, -0.05) is 28.1 Å². The molecule has 0 saturated carbocycles. The summed E-state index contributed by atoms with van der Waals surface area (Å²) >= 11 is 3.35. The number of urea groups is 1. The van der Waals surface area contributed by atoms with Crippen molar-refractivity contribution in [2.24, 2.45) is 5.10 Å². The van der Waals surface area contributed by atoms with Crippen molar-refractivity contribution in [2.45, 2.75) is 20.0 Å². The fraction of sp³-hybridized carbons (Fsp3) is 0.222. The number of hydrogen-bond donors (Lipinski definition) is 2. The number of anilines is 1. The van der Waals surface area contributed by atoms with Gasteiger partial charge < -0.3 is 14.8 Å². The summed E-state index contributed by atoms with van der Waals surface area (Å²) in [6.07, 6.45) is 1.50. The average Bonchev–Trinajstić information content (AvgIpc) is 2.55. The number of nitrogens with one attached hydrogen (secondary N) is 2. The number of rotatable bonds is 6. The van der Waals surface area contributed by atoms with Gasteiger partial charge in [0.15, 0.2) is 11.5 Å². The highest BCUT2D eigenvalue weighted by atomic mass is 79.9. The molecule has 2 aromatic carbocycles. The molecule has 25 heavy (non-hydrogen) atoms. The Kier molecular flexibility index (Phi) is 6.82. The number of para-hydroxylation sites is 1. The first-order valence-electron chi connectivity index (χ1n) is 7.69. The van der Waals surface area contributed by atoms with Crippen LogP contribution in [0.25, 0.3) is 0 Å². The standard InChI is InChI=1S/C18H20BrN3O3/c1-12(2)25-17-13(6-4-9-16(17)24-3)11-20-22-18(23)21-15-8-5-7-14(19)10-15/h4-12H,1-3H3,(H2,21,22,23)/b20-11+. The van der Waals surface area contributed by atoms with E-state index in [1.165, 1.54) is 6.21 Å². The molecule has 2 rings (SSSR count). The van der Waals surface area contributed by atoms with Gasteiger partial charge in [0.05, 0.1) is 19.4 Å². The van der Waals surface area contributed by atoms with E-state index in [9.17, 15) is 4.79 Å². The summed E-state index contributed by atoms with van der Waals surface area (Å²) < 4.78 is 12.0. The van der Waals surface area contributed by atoms with Crippen LogP contribution >= 0.6 is 15.9 Å². The van der Waals surface area contributed by atoms with E-state index >= 15 is 0 Å². The summed E-state index contributed by atoms with van der Waals surface area (Å²) in [4.78, 5) is 11.9. The quantitative estimate of drug-likeness (QED) is 0.552. The fourth-order valence-electron chi connectivity index (χ4n) is 2.04. The SMILES string of the molecule is COc1cccc(/C=N/NC(=O)Nc2cccc(Br)c2)c1OC(C)C. The zero-order valence-corrected chi connectivity index (χ0v) is 15.8. The number of nitrogens with zero attached hydrogens (tertiary/aromatic N) is 1. The molecule has 2 N–H and O–H groups in total. The van der Waals surface area contributed by atoms with E-state index in [1.807, 2.05) is 44.2 Å². The molecule has 0 fully saturated rings. The van der Waals surface area contributed by atoms with Crippen molar-refractivity contribution < 1.29 is 14.3 Å². The first-order valence-corrected chi connectivity index (χ1v) is 8.48. The highest BCUT2D eigenvalue weighted by Crippen LogP contribution is 2.30. The minimum Gasteiger partial charge on any atom is -0.493 e. The molecule has 2 amide bonds. The van der Waals surface area contributed by atoms with Crippen molar-refractivity contribution in [1.82, 2.24) is 5.43 Å². The predicted octanol–water partition coefficient (Wildman–Crippen LogP) is 4.40. The van der Waals surface area contributed by atoms with Gasteiger partial charge in [-0.05, 0) is 44.2 Å². The van der Waals surface area contributed by atoms with E-state index in [1.54, 1.807) is 19.2 Å². The number of benzene rings is 2. The number of carbonyl (C=O) groups excluding carboxylic acids is 1. The Bertz CT molecular complexity index is 763. The smallest absolute Gasteiger partial charge is 0.339 e. The molecule has 0 aliphatic carbocycles. The fourth-order valence-corrected chi connectivity index (χ4v) is 2.44. The van der Waals surface area contributed by atoms with Crippen molar-refractivity contribution in [3.8, 4) is 11.5 Å². The number of amides is 2. The van der Waals surface area contributed by atoms with Crippen molar-refractivity contribution in [3.63, 3.8) is 0 Å². The van der Waals surface area contributed by atoms with Crippen LogP contribution in [0.1, 0.15) is 19.4 Å². The van der Waals surface area contributed by atoms with E-state index in [0.29, 0.717) is 22.7 Å². The monoisotopic (exact) mass is 405 g/mol. The van der Waals surface area contributed by atoms with Crippen LogP contribution in [-0.2, 0) is 0 Å². The Hall–Kier alpha value is -2.54. The zero-order valence-electron chi connectivity index (χ0n) is 14.2. The highest BCUT2D eigenvalue weighted by molar-refractivity contribution is 9.10. The van der Waals surface area contributed by atoms with Gasteiger partial charge in [0.25, 0.3) is 0 Å². The maximum absolute atomic E-state index is 11.9. The zero-order chi connectivity index (χ0) is 18.2. The van der Waals surface area contributed by atoms with Crippen molar-refractivity contribution in [2.75, 3.05) is 12.4 Å². The Morgan fingerprint density at radius 1 is 1.24 bits per heavy atom. The molecular weight excluding hydrogens is 386 g/mol. The second-order valence-corrected chi connectivity index (χ2v) is 6.30. The molecule has 0 saturated heterocycles. The van der Waals surface area contributed by atoms with Crippen LogP contribution in [0.15, 0.2) is 52.0 Å². The molecule has 0 unspecified atom stereocenters. The van der Waals surface area contributed by atoms with Crippen LogP contribution in [0.2, 0.25) is 0 Å². The lowest BCUT2D eigenvalue weighted by molar-refractivity contribution is 0.230. The van der Waals surface area contributed by atoms with Gasteiger partial charge in [0, 0.05) is 15.7 Å². The molecule has 7 heteroatoms. The lowest BCUT2D eigenvalue weighted by atomic mass is 10.2. The summed E-state index contributed by atoms with van der Waals surface area (Å²) in [5, 5.41) is 6.66. The second kappa shape index (κ2) is 9.08. The van der Waals surface area contributed by atoms with Gasteiger partial charge in [-0.3, -0.25) is 0 Å². The molecule has 0 atom stereocenters. The summed E-state index contributed by atoms with van der Waals surface area (Å²) in [7, 11) is 1.58. The van der Waals surface area contributed by atoms with Crippen LogP contribution < -0.4 is 20.2 Å². The first kappa shape index (κ1) is 18.8. The van der Waals surface area contributed by atoms with Gasteiger partial charge in [-0.2, -0.15) is 5.10 Å². The minimum atomic E-state index is -0.441. The van der Waals surface area contributed by atoms with Crippen LogP contribution in [0.5, 0.6) is 11.5 Å². The van der Waals surface area contributed by atoms with Crippen LogP contribution in [0.4, 0.5) is 10.5 Å². The Balaban J connectivity index is 2.05. The summed E-state index contributed by atoms with van der Waals surface area (Å²) in [5.74, 6) is 1.19. The van der Waals surface area contributed by atoms with Crippen molar-refractivity contribution >= 4 is 33.9 Å². The maximum atomic E-state index is 11.9. The van der Waals surface area contributed by atoms with E-state index in [2.05, 4.69) is 31.8 Å². The normalized spacial score (nSPS) is 10.8. The van der Waals surface area contributed by atoms with Crippen LogP contribution in [0, 0.1) is 0 Å². The highest BCUT2D eigenvalue weighted by Gasteiger charge is 2.11. The minimum absolute atomic E-state index is 0.0174. The van der Waals surface area contributed by atoms with Crippen LogP contribution in [0.3, 0.4) is 0 Å². The first-order chi connectivity index (χ1) is 12.0. The van der Waals surface area contributed by atoms with Crippen LogP contribution in [-0.4, -0.2) is 25.5 Å². The largest absolute Gasteiger partial charge is 0.493 e. The molecular formula is C18H20BrN3O3. The predicted molar refractivity (Wildman–Crippen MR) is 103 cm³/mol. The Morgan fingerprint density at radius 2 is 2.00 bits per heavy atom. The molecule has 0 aliphatic rings. The van der Waals surface area contributed by atoms with Gasteiger partial charge in [-0.15, -0.1) is 0 Å². The molecule has 6 nitrogen and oxygen atoms in total. The van der Waals surface area contributed by atoms with Gasteiger partial charge >= 0.3 is 6.03 Å². The van der Waals surface area contributed by atoms with Crippen molar-refractivity contribution in [3.05, 3.63) is 52.5 Å². The molecule has 0 aromatic heterocycles. The molecule has 0 aliphatic heterocycles. The number of hydrogen-bond acceptors (Lipinski definition) is 4. The maximum Gasteiger partial charge on any atom is 0.339 e. The number of hydrazone groups is 1. The molecule has 0 spiro atoms. The molecule has 0 bridgehead atoms. The number of carbonyl (C=O) groups is 1. The Morgan fingerprint density at radius 3 is 2.68 bits per heavy atom. The molecule has 2 aromatic rings. The lowest BCUT2D eigenvalue weighted by Crippen LogP contribution is -2.24. The third-order valence-corrected chi connectivity index (χ3v) is 3.53. The van der Waals surface area contributed by atoms with E-state index in [0.717, 1.165) is 4.47 Å². The number of ether oxygens (including phenoxy) is 2. The Labute approximate surface area is 155 Å². The summed E-state index contributed by atoms with van der Waals surface area (Å²) in [5.41, 5.74) is 3.79. The lowest BCUT2D eigenvalue weighted by Gasteiger charge is -2.15. The molecule has 132 valence electrons. The second-order valence-electron chi connectivity index (χ2n) is 5.38. The third kappa shape index (κ3) is 5.79. The van der Waals surface area contributed by atoms with Crippen molar-refractivity contribution in [1.29, 1.82) is 0 Å². The third-order valence-electron chi connectivity index (χ3n) is 3.04. The molecule has 0 heterocycles. The van der Waals surface area contributed by atoms with Gasteiger partial charge in [0.2, 0.25) is 0 Å². The summed E-state index contributed by atoms with van der Waals surface area (Å²) in [6.45, 7) is 3.86.